The number of aliphatic hydroxyl groups excluding tert-OH is 1. The first kappa shape index (κ1) is 13.9. The molecule has 0 saturated carbocycles. The van der Waals surface area contributed by atoms with Gasteiger partial charge in [0, 0.05) is 25.8 Å². The van der Waals surface area contributed by atoms with E-state index in [1.807, 2.05) is 12.3 Å². The third-order valence-corrected chi connectivity index (χ3v) is 2.57. The fourth-order valence-electron chi connectivity index (χ4n) is 1.66. The Morgan fingerprint density at radius 1 is 1.47 bits per heavy atom. The molecule has 5 nitrogen and oxygen atoms in total. The Morgan fingerprint density at radius 3 is 2.94 bits per heavy atom. The Kier molecular flexibility index (Phi) is 6.54. The van der Waals surface area contributed by atoms with Crippen molar-refractivity contribution in [1.29, 1.82) is 0 Å². The van der Waals surface area contributed by atoms with Gasteiger partial charge in [-0.25, -0.2) is 0 Å². The summed E-state index contributed by atoms with van der Waals surface area (Å²) in [6, 6.07) is 1.94. The number of anilines is 1. The van der Waals surface area contributed by atoms with Crippen LogP contribution in [0.2, 0.25) is 0 Å². The Morgan fingerprint density at radius 2 is 2.29 bits per heavy atom. The van der Waals surface area contributed by atoms with Crippen molar-refractivity contribution in [2.75, 3.05) is 37.8 Å². The molecule has 96 valence electrons. The lowest BCUT2D eigenvalue weighted by Gasteiger charge is -2.24. The molecule has 0 saturated heterocycles. The van der Waals surface area contributed by atoms with Gasteiger partial charge in [0.2, 0.25) is 0 Å². The summed E-state index contributed by atoms with van der Waals surface area (Å²) in [7, 11) is 0. The number of hydrogen-bond donors (Lipinski definition) is 2. The maximum Gasteiger partial charge on any atom is 0.0698 e. The van der Waals surface area contributed by atoms with E-state index < -0.39 is 0 Å². The quantitative estimate of drug-likeness (QED) is 0.642. The highest BCUT2D eigenvalue weighted by Gasteiger charge is 2.08. The minimum atomic E-state index is 0.0626. The Bertz CT molecular complexity index is 320. The normalized spacial score (nSPS) is 10.5. The van der Waals surface area contributed by atoms with Gasteiger partial charge in [0.1, 0.15) is 0 Å². The van der Waals surface area contributed by atoms with Crippen molar-refractivity contribution in [2.24, 2.45) is 5.73 Å². The highest BCUT2D eigenvalue weighted by Crippen LogP contribution is 2.17. The second-order valence-electron chi connectivity index (χ2n) is 3.62. The zero-order chi connectivity index (χ0) is 12.5. The van der Waals surface area contributed by atoms with Gasteiger partial charge in [0.15, 0.2) is 0 Å². The Balaban J connectivity index is 2.59. The molecule has 1 heterocycles. The van der Waals surface area contributed by atoms with Crippen molar-refractivity contribution in [2.45, 2.75) is 13.5 Å². The molecule has 3 N–H and O–H groups in total. The lowest BCUT2D eigenvalue weighted by molar-refractivity contribution is 0.0967. The molecule has 0 unspecified atom stereocenters. The number of aliphatic hydroxyl groups is 1. The van der Waals surface area contributed by atoms with Crippen molar-refractivity contribution in [3.63, 3.8) is 0 Å². The van der Waals surface area contributed by atoms with Gasteiger partial charge in [0.05, 0.1) is 31.7 Å². The first-order valence-electron chi connectivity index (χ1n) is 5.90. The molecule has 17 heavy (non-hydrogen) atoms. The summed E-state index contributed by atoms with van der Waals surface area (Å²) < 4.78 is 5.27. The van der Waals surface area contributed by atoms with E-state index in [1.165, 1.54) is 0 Å². The molecule has 0 atom stereocenters. The third-order valence-electron chi connectivity index (χ3n) is 2.57. The van der Waals surface area contributed by atoms with Gasteiger partial charge in [-0.3, -0.25) is 4.98 Å². The van der Waals surface area contributed by atoms with Gasteiger partial charge in [-0.1, -0.05) is 0 Å². The van der Waals surface area contributed by atoms with E-state index in [4.69, 9.17) is 15.6 Å². The standard InChI is InChI=1S/C12H21N3O2/c1-2-15(5-7-17-8-6-16)12-10-14-4-3-11(12)9-13/h3-4,10,16H,2,5-9,13H2,1H3. The van der Waals surface area contributed by atoms with Gasteiger partial charge >= 0.3 is 0 Å². The number of aromatic nitrogens is 1. The van der Waals surface area contributed by atoms with Crippen molar-refractivity contribution in [3.05, 3.63) is 24.0 Å². The number of nitrogens with two attached hydrogens (primary N) is 1. The molecule has 0 spiro atoms. The van der Waals surface area contributed by atoms with E-state index in [0.717, 1.165) is 24.3 Å². The zero-order valence-electron chi connectivity index (χ0n) is 10.3. The molecule has 0 aliphatic rings. The first-order valence-corrected chi connectivity index (χ1v) is 5.90. The zero-order valence-corrected chi connectivity index (χ0v) is 10.3. The number of pyridine rings is 1. The fourth-order valence-corrected chi connectivity index (χ4v) is 1.66. The van der Waals surface area contributed by atoms with E-state index in [2.05, 4.69) is 16.8 Å². The second kappa shape index (κ2) is 8.00. The summed E-state index contributed by atoms with van der Waals surface area (Å²) in [5.74, 6) is 0. The van der Waals surface area contributed by atoms with Crippen molar-refractivity contribution < 1.29 is 9.84 Å². The van der Waals surface area contributed by atoms with Crippen LogP contribution in [0.15, 0.2) is 18.5 Å². The SMILES string of the molecule is CCN(CCOCCO)c1cnccc1CN. The van der Waals surface area contributed by atoms with Crippen LogP contribution in [0.1, 0.15) is 12.5 Å². The predicted octanol–water partition coefficient (Wildman–Crippen LogP) is 0.375. The van der Waals surface area contributed by atoms with E-state index >= 15 is 0 Å². The number of likely N-dealkylation sites (N-methyl/N-ethyl adjacent to an activating group) is 1. The Labute approximate surface area is 102 Å². The van der Waals surface area contributed by atoms with Gasteiger partial charge in [0.25, 0.3) is 0 Å². The summed E-state index contributed by atoms with van der Waals surface area (Å²) in [4.78, 5) is 6.30. The van der Waals surface area contributed by atoms with E-state index in [9.17, 15) is 0 Å². The van der Waals surface area contributed by atoms with Gasteiger partial charge in [-0.15, -0.1) is 0 Å². The van der Waals surface area contributed by atoms with Gasteiger partial charge in [-0.2, -0.15) is 0 Å². The summed E-state index contributed by atoms with van der Waals surface area (Å²) in [6.45, 7) is 5.27. The topological polar surface area (TPSA) is 71.6 Å². The highest BCUT2D eigenvalue weighted by atomic mass is 16.5. The molecule has 1 aromatic rings. The number of hydrogen-bond acceptors (Lipinski definition) is 5. The molecule has 0 aliphatic carbocycles. The van der Waals surface area contributed by atoms with E-state index in [0.29, 0.717) is 19.8 Å². The molecule has 0 aliphatic heterocycles. The largest absolute Gasteiger partial charge is 0.394 e. The summed E-state index contributed by atoms with van der Waals surface area (Å²) >= 11 is 0. The molecule has 0 fully saturated rings. The van der Waals surface area contributed by atoms with Crippen LogP contribution in [0.5, 0.6) is 0 Å². The molecule has 5 heteroatoms. The van der Waals surface area contributed by atoms with Crippen molar-refractivity contribution in [3.8, 4) is 0 Å². The minimum absolute atomic E-state index is 0.0626. The summed E-state index contributed by atoms with van der Waals surface area (Å²) in [6.07, 6.45) is 3.58. The molecular weight excluding hydrogens is 218 g/mol. The maximum absolute atomic E-state index is 8.62. The molecule has 0 amide bonds. The van der Waals surface area contributed by atoms with Gasteiger partial charge < -0.3 is 20.5 Å². The van der Waals surface area contributed by atoms with Crippen LogP contribution in [-0.4, -0.2) is 43.0 Å². The molecule has 0 radical (unpaired) electrons. The van der Waals surface area contributed by atoms with Crippen LogP contribution in [0, 0.1) is 0 Å². The predicted molar refractivity (Wildman–Crippen MR) is 67.9 cm³/mol. The number of ether oxygens (including phenoxy) is 1. The maximum atomic E-state index is 8.62. The number of rotatable bonds is 8. The summed E-state index contributed by atoms with van der Waals surface area (Å²) in [5.41, 5.74) is 7.85. The molecule has 0 aromatic carbocycles. The third kappa shape index (κ3) is 4.30. The molecule has 1 rings (SSSR count). The molecule has 0 bridgehead atoms. The lowest BCUT2D eigenvalue weighted by Crippen LogP contribution is -2.29. The van der Waals surface area contributed by atoms with E-state index in [-0.39, 0.29) is 6.61 Å². The lowest BCUT2D eigenvalue weighted by atomic mass is 10.2. The van der Waals surface area contributed by atoms with Crippen LogP contribution in [0.3, 0.4) is 0 Å². The van der Waals surface area contributed by atoms with Gasteiger partial charge in [-0.05, 0) is 18.6 Å². The smallest absolute Gasteiger partial charge is 0.0698 e. The van der Waals surface area contributed by atoms with Crippen molar-refractivity contribution in [1.82, 2.24) is 4.98 Å². The van der Waals surface area contributed by atoms with Crippen LogP contribution in [-0.2, 0) is 11.3 Å². The monoisotopic (exact) mass is 239 g/mol. The highest BCUT2D eigenvalue weighted by molar-refractivity contribution is 5.51. The second-order valence-corrected chi connectivity index (χ2v) is 3.62. The number of nitrogens with zero attached hydrogens (tertiary/aromatic N) is 2. The Hall–Kier alpha value is -1.17. The average Bonchev–Trinajstić information content (AvgIpc) is 2.39. The first-order chi connectivity index (χ1) is 8.33. The van der Waals surface area contributed by atoms with Crippen LogP contribution >= 0.6 is 0 Å². The molecule has 1 aromatic heterocycles. The average molecular weight is 239 g/mol. The van der Waals surface area contributed by atoms with Crippen molar-refractivity contribution >= 4 is 5.69 Å². The van der Waals surface area contributed by atoms with Crippen LogP contribution < -0.4 is 10.6 Å². The van der Waals surface area contributed by atoms with Crippen LogP contribution in [0.4, 0.5) is 5.69 Å². The fraction of sp³-hybridized carbons (Fsp3) is 0.583. The minimum Gasteiger partial charge on any atom is -0.394 e. The van der Waals surface area contributed by atoms with Crippen LogP contribution in [0.25, 0.3) is 0 Å². The summed E-state index contributed by atoms with van der Waals surface area (Å²) in [5, 5.41) is 8.62. The van der Waals surface area contributed by atoms with E-state index in [1.54, 1.807) is 6.20 Å². The molecular formula is C12H21N3O2.